The first kappa shape index (κ1) is 15.0. The van der Waals surface area contributed by atoms with Crippen LogP contribution in [0.4, 0.5) is 0 Å². The zero-order valence-electron chi connectivity index (χ0n) is 12.9. The van der Waals surface area contributed by atoms with Gasteiger partial charge in [-0.25, -0.2) is 0 Å². The third-order valence-corrected chi connectivity index (χ3v) is 4.79. The first-order valence-corrected chi connectivity index (χ1v) is 7.88. The van der Waals surface area contributed by atoms with Crippen LogP contribution < -0.4 is 10.7 Å². The smallest absolute Gasteiger partial charge is 0.366 e. The highest BCUT2D eigenvalue weighted by atomic mass is 16.9. The summed E-state index contributed by atoms with van der Waals surface area (Å²) in [6, 6.07) is 10.3. The van der Waals surface area contributed by atoms with Crippen molar-refractivity contribution in [3.63, 3.8) is 0 Å². The molecule has 1 aliphatic heterocycles. The van der Waals surface area contributed by atoms with E-state index in [9.17, 15) is 0 Å². The average molecular weight is 289 g/mol. The Hall–Kier alpha value is -0.875. The van der Waals surface area contributed by atoms with Crippen molar-refractivity contribution < 1.29 is 14.1 Å². The third-order valence-electron chi connectivity index (χ3n) is 4.79. The fourth-order valence-corrected chi connectivity index (χ4v) is 3.65. The first-order chi connectivity index (χ1) is 10.3. The number of hydrogen-bond donors (Lipinski definition) is 1. The molecule has 2 fully saturated rings. The second-order valence-corrected chi connectivity index (χ2v) is 5.96. The lowest BCUT2D eigenvalue weighted by atomic mass is 9.73. The van der Waals surface area contributed by atoms with E-state index >= 15 is 0 Å². The van der Waals surface area contributed by atoms with Crippen LogP contribution in [0.1, 0.15) is 32.1 Å². The molecule has 1 N–H and O–H groups in total. The van der Waals surface area contributed by atoms with Crippen LogP contribution in [0.5, 0.6) is 0 Å². The van der Waals surface area contributed by atoms with Crippen LogP contribution >= 0.6 is 0 Å². The lowest BCUT2D eigenvalue weighted by Gasteiger charge is -2.37. The summed E-state index contributed by atoms with van der Waals surface area (Å²) in [6.45, 7) is 0. The van der Waals surface area contributed by atoms with Gasteiger partial charge in [-0.15, -0.1) is 0 Å². The summed E-state index contributed by atoms with van der Waals surface area (Å²) in [7, 11) is 3.14. The number of ether oxygens (including phenoxy) is 2. The topological polar surface area (TPSA) is 39.7 Å². The summed E-state index contributed by atoms with van der Waals surface area (Å²) in [6.07, 6.45) is 6.30. The zero-order chi connectivity index (χ0) is 14.7. The van der Waals surface area contributed by atoms with Crippen LogP contribution in [0.3, 0.4) is 0 Å². The summed E-state index contributed by atoms with van der Waals surface area (Å²) >= 11 is 0. The molecule has 0 amide bonds. The van der Waals surface area contributed by atoms with E-state index in [1.54, 1.807) is 14.2 Å². The van der Waals surface area contributed by atoms with Crippen molar-refractivity contribution in [1.29, 1.82) is 0 Å². The molecule has 0 spiro atoms. The van der Waals surface area contributed by atoms with Gasteiger partial charge in [0.05, 0.1) is 6.04 Å². The Bertz CT molecular complexity index is 446. The molecule has 1 saturated heterocycles. The quantitative estimate of drug-likeness (QED) is 0.679. The number of nitrogens with one attached hydrogen (secondary N) is 1. The number of rotatable bonds is 4. The Kier molecular flexibility index (Phi) is 4.64. The summed E-state index contributed by atoms with van der Waals surface area (Å²) in [4.78, 5) is 0. The Labute approximate surface area is 127 Å². The normalized spacial score (nSPS) is 26.2. The first-order valence-electron chi connectivity index (χ1n) is 7.88. The molecule has 114 valence electrons. The van der Waals surface area contributed by atoms with E-state index < -0.39 is 5.97 Å². The van der Waals surface area contributed by atoms with Crippen molar-refractivity contribution >= 4 is 12.5 Å². The predicted molar refractivity (Wildman–Crippen MR) is 83.2 cm³/mol. The van der Waals surface area contributed by atoms with Gasteiger partial charge in [0.15, 0.2) is 0 Å². The minimum absolute atomic E-state index is 0.0676. The monoisotopic (exact) mass is 289 g/mol. The average Bonchev–Trinajstić information content (AvgIpc) is 2.97. The van der Waals surface area contributed by atoms with Gasteiger partial charge in [0.1, 0.15) is 0 Å². The Morgan fingerprint density at radius 1 is 1.10 bits per heavy atom. The van der Waals surface area contributed by atoms with Crippen LogP contribution in [0.25, 0.3) is 0 Å². The van der Waals surface area contributed by atoms with E-state index in [1.807, 2.05) is 18.2 Å². The molecule has 5 heteroatoms. The molecule has 1 aromatic carbocycles. The highest BCUT2D eigenvalue weighted by Gasteiger charge is 2.54. The maximum atomic E-state index is 6.14. The maximum Gasteiger partial charge on any atom is 0.420 e. The molecule has 4 nitrogen and oxygen atoms in total. The van der Waals surface area contributed by atoms with Gasteiger partial charge in [-0.05, 0) is 24.2 Å². The minimum Gasteiger partial charge on any atom is -0.366 e. The molecule has 0 radical (unpaired) electrons. The number of methoxy groups -OCH3 is 2. The minimum atomic E-state index is -0.984. The standard InChI is InChI=1S/C16H24BNO3/c1-19-16(20-2)15(13-9-5-3-6-10-13)18-17(21-16)14-11-7-4-8-12-14/h4,7-8,11-13,15,18H,3,5-6,9-10H2,1-2H3/t15-/m0/s1. The SMILES string of the molecule is COC1(OC)OB(c2ccccc2)N[C@H]1C1CCCCC1. The van der Waals surface area contributed by atoms with E-state index in [2.05, 4.69) is 17.4 Å². The molecular weight excluding hydrogens is 265 g/mol. The van der Waals surface area contributed by atoms with Gasteiger partial charge in [0, 0.05) is 14.2 Å². The van der Waals surface area contributed by atoms with Crippen molar-refractivity contribution in [2.75, 3.05) is 14.2 Å². The van der Waals surface area contributed by atoms with Crippen LogP contribution in [-0.4, -0.2) is 33.3 Å². The third kappa shape index (κ3) is 2.88. The van der Waals surface area contributed by atoms with Crippen molar-refractivity contribution in [3.05, 3.63) is 30.3 Å². The summed E-state index contributed by atoms with van der Waals surface area (Å²) in [5.74, 6) is -0.449. The summed E-state index contributed by atoms with van der Waals surface area (Å²) in [5, 5.41) is 3.60. The second kappa shape index (κ2) is 6.49. The van der Waals surface area contributed by atoms with Crippen molar-refractivity contribution in [2.24, 2.45) is 5.92 Å². The zero-order valence-corrected chi connectivity index (χ0v) is 12.9. The maximum absolute atomic E-state index is 6.14. The Morgan fingerprint density at radius 2 is 1.76 bits per heavy atom. The van der Waals surface area contributed by atoms with Crippen LogP contribution in [0.15, 0.2) is 30.3 Å². The molecule has 1 aromatic rings. The van der Waals surface area contributed by atoms with Gasteiger partial charge in [0.25, 0.3) is 5.97 Å². The Balaban J connectivity index is 1.83. The lowest BCUT2D eigenvalue weighted by molar-refractivity contribution is -0.330. The van der Waals surface area contributed by atoms with Crippen LogP contribution in [0, 0.1) is 5.92 Å². The fourth-order valence-electron chi connectivity index (χ4n) is 3.65. The molecule has 3 rings (SSSR count). The van der Waals surface area contributed by atoms with E-state index in [-0.39, 0.29) is 13.1 Å². The molecule has 2 aliphatic rings. The van der Waals surface area contributed by atoms with E-state index in [1.165, 1.54) is 32.1 Å². The molecule has 1 atom stereocenters. The molecule has 0 bridgehead atoms. The molecule has 1 aliphatic carbocycles. The molecule has 0 aromatic heterocycles. The van der Waals surface area contributed by atoms with Gasteiger partial charge in [-0.1, -0.05) is 49.6 Å². The fraction of sp³-hybridized carbons (Fsp3) is 0.625. The van der Waals surface area contributed by atoms with Crippen molar-refractivity contribution in [3.8, 4) is 0 Å². The van der Waals surface area contributed by atoms with Gasteiger partial charge >= 0.3 is 7.05 Å². The van der Waals surface area contributed by atoms with Gasteiger partial charge in [-0.2, -0.15) is 0 Å². The van der Waals surface area contributed by atoms with Crippen molar-refractivity contribution in [2.45, 2.75) is 44.1 Å². The lowest BCUT2D eigenvalue weighted by Crippen LogP contribution is -2.52. The number of hydrogen-bond acceptors (Lipinski definition) is 4. The molecular formula is C16H24BNO3. The molecule has 21 heavy (non-hydrogen) atoms. The van der Waals surface area contributed by atoms with Gasteiger partial charge < -0.3 is 19.4 Å². The highest BCUT2D eigenvalue weighted by Crippen LogP contribution is 2.36. The van der Waals surface area contributed by atoms with Crippen LogP contribution in [0.2, 0.25) is 0 Å². The largest absolute Gasteiger partial charge is 0.420 e. The van der Waals surface area contributed by atoms with E-state index in [4.69, 9.17) is 14.1 Å². The second-order valence-electron chi connectivity index (χ2n) is 5.96. The number of benzene rings is 1. The van der Waals surface area contributed by atoms with Gasteiger partial charge in [0.2, 0.25) is 0 Å². The molecule has 1 saturated carbocycles. The van der Waals surface area contributed by atoms with E-state index in [0.29, 0.717) is 5.92 Å². The van der Waals surface area contributed by atoms with Crippen molar-refractivity contribution in [1.82, 2.24) is 5.23 Å². The highest BCUT2D eigenvalue weighted by molar-refractivity contribution is 6.65. The molecule has 0 unspecified atom stereocenters. The predicted octanol–water partition coefficient (Wildman–Crippen LogP) is 1.90. The van der Waals surface area contributed by atoms with Crippen LogP contribution in [-0.2, 0) is 14.1 Å². The summed E-state index contributed by atoms with van der Waals surface area (Å²) < 4.78 is 17.5. The molecule has 1 heterocycles. The summed E-state index contributed by atoms with van der Waals surface area (Å²) in [5.41, 5.74) is 1.11. The van der Waals surface area contributed by atoms with E-state index in [0.717, 1.165) is 5.46 Å². The van der Waals surface area contributed by atoms with Gasteiger partial charge in [-0.3, -0.25) is 0 Å². The Morgan fingerprint density at radius 3 is 2.38 bits per heavy atom.